The fraction of sp³-hybridized carbons (Fsp3) is 0.367. The van der Waals surface area contributed by atoms with E-state index in [0.29, 0.717) is 12.5 Å². The predicted molar refractivity (Wildman–Crippen MR) is 138 cm³/mol. The van der Waals surface area contributed by atoms with Crippen molar-refractivity contribution < 1.29 is 23.1 Å². The summed E-state index contributed by atoms with van der Waals surface area (Å²) in [6.45, 7) is 4.45. The second-order valence-electron chi connectivity index (χ2n) is 10.1. The van der Waals surface area contributed by atoms with Gasteiger partial charge in [0.15, 0.2) is 6.10 Å². The van der Waals surface area contributed by atoms with Gasteiger partial charge >= 0.3 is 6.09 Å². The average Bonchev–Trinajstić information content (AvgIpc) is 2.93. The van der Waals surface area contributed by atoms with Gasteiger partial charge < -0.3 is 14.0 Å². The van der Waals surface area contributed by atoms with Crippen molar-refractivity contribution in [2.45, 2.75) is 31.9 Å². The van der Waals surface area contributed by atoms with Gasteiger partial charge in [-0.2, -0.15) is 0 Å². The van der Waals surface area contributed by atoms with Crippen molar-refractivity contribution >= 4 is 11.8 Å². The van der Waals surface area contributed by atoms with Crippen LogP contribution in [-0.4, -0.2) is 50.0 Å². The lowest BCUT2D eigenvalue weighted by molar-refractivity contribution is -0.945. The Morgan fingerprint density at radius 1 is 0.972 bits per heavy atom. The number of carbonyl (C=O) groups excluding carboxylic acids is 1. The first-order valence-corrected chi connectivity index (χ1v) is 12.8. The van der Waals surface area contributed by atoms with E-state index in [0.717, 1.165) is 66.9 Å². The molecule has 3 aromatic carbocycles. The van der Waals surface area contributed by atoms with Crippen LogP contribution < -0.4 is 9.64 Å². The van der Waals surface area contributed by atoms with Crippen molar-refractivity contribution in [1.29, 1.82) is 0 Å². The molecular formula is C30H34FN2O3+. The van der Waals surface area contributed by atoms with Gasteiger partial charge in [0.25, 0.3) is 0 Å². The minimum absolute atomic E-state index is 0.0999. The quantitative estimate of drug-likeness (QED) is 0.374. The number of fused-ring (bicyclic) bond motifs is 3. The predicted octanol–water partition coefficient (Wildman–Crippen LogP) is 5.83. The molecule has 6 rings (SSSR count). The number of carbonyl (C=O) groups is 1. The first-order valence-electron chi connectivity index (χ1n) is 12.8. The average molecular weight is 490 g/mol. The molecule has 0 radical (unpaired) electrons. The molecule has 3 aromatic rings. The summed E-state index contributed by atoms with van der Waals surface area (Å²) >= 11 is 0. The van der Waals surface area contributed by atoms with Gasteiger partial charge in [-0.1, -0.05) is 48.5 Å². The Kier molecular flexibility index (Phi) is 7.23. The van der Waals surface area contributed by atoms with Crippen molar-refractivity contribution in [3.63, 3.8) is 0 Å². The molecule has 0 N–H and O–H groups in total. The van der Waals surface area contributed by atoms with E-state index in [4.69, 9.17) is 9.47 Å². The van der Waals surface area contributed by atoms with Gasteiger partial charge in [0.1, 0.15) is 18.1 Å². The molecule has 1 amide bonds. The Hall–Kier alpha value is -3.38. The second-order valence-corrected chi connectivity index (χ2v) is 10.1. The molecule has 0 aliphatic carbocycles. The zero-order valence-corrected chi connectivity index (χ0v) is 20.8. The van der Waals surface area contributed by atoms with Gasteiger partial charge in [0.2, 0.25) is 0 Å². The summed E-state index contributed by atoms with van der Waals surface area (Å²) < 4.78 is 26.2. The first-order chi connectivity index (χ1) is 17.5. The van der Waals surface area contributed by atoms with Crippen LogP contribution in [0.15, 0.2) is 78.9 Å². The molecule has 0 saturated carbocycles. The van der Waals surface area contributed by atoms with Gasteiger partial charge in [0, 0.05) is 30.9 Å². The summed E-state index contributed by atoms with van der Waals surface area (Å²) in [6, 6.07) is 24.0. The fourth-order valence-corrected chi connectivity index (χ4v) is 5.77. The molecule has 188 valence electrons. The van der Waals surface area contributed by atoms with Gasteiger partial charge in [-0.15, -0.1) is 0 Å². The molecule has 0 unspecified atom stereocenters. The summed E-state index contributed by atoms with van der Waals surface area (Å²) in [5.41, 5.74) is 2.85. The third kappa shape index (κ3) is 5.39. The zero-order chi connectivity index (χ0) is 25.0. The van der Waals surface area contributed by atoms with Gasteiger partial charge in [-0.3, -0.25) is 4.90 Å². The lowest BCUT2D eigenvalue weighted by atomic mass is 9.83. The highest BCUT2D eigenvalue weighted by atomic mass is 19.1. The largest absolute Gasteiger partial charge is 0.496 e. The molecule has 3 fully saturated rings. The van der Waals surface area contributed by atoms with Crippen LogP contribution in [0.3, 0.4) is 0 Å². The lowest BCUT2D eigenvalue weighted by Gasteiger charge is -2.52. The summed E-state index contributed by atoms with van der Waals surface area (Å²) in [5.74, 6) is 1.05. The number of benzene rings is 3. The minimum atomic E-state index is -0.341. The highest BCUT2D eigenvalue weighted by Crippen LogP contribution is 2.37. The molecule has 3 heterocycles. The van der Waals surface area contributed by atoms with E-state index >= 15 is 0 Å². The molecule has 3 saturated heterocycles. The van der Waals surface area contributed by atoms with Crippen LogP contribution in [0.25, 0.3) is 0 Å². The molecule has 2 bridgehead atoms. The summed E-state index contributed by atoms with van der Waals surface area (Å²) in [7, 11) is 1.72. The topological polar surface area (TPSA) is 38.8 Å². The van der Waals surface area contributed by atoms with Crippen LogP contribution in [0.2, 0.25) is 0 Å². The van der Waals surface area contributed by atoms with E-state index in [-0.39, 0.29) is 18.0 Å². The van der Waals surface area contributed by atoms with E-state index in [1.165, 1.54) is 17.7 Å². The van der Waals surface area contributed by atoms with Crippen LogP contribution in [0.1, 0.15) is 24.0 Å². The van der Waals surface area contributed by atoms with Crippen LogP contribution in [0.4, 0.5) is 14.9 Å². The van der Waals surface area contributed by atoms with Crippen LogP contribution in [-0.2, 0) is 17.7 Å². The number of para-hydroxylation sites is 2. The molecule has 0 aromatic heterocycles. The maximum atomic E-state index is 13.5. The first kappa shape index (κ1) is 24.3. The Bertz CT molecular complexity index is 1160. The Labute approximate surface area is 212 Å². The molecule has 3 aliphatic rings. The fourth-order valence-electron chi connectivity index (χ4n) is 5.77. The van der Waals surface area contributed by atoms with E-state index in [1.807, 2.05) is 42.5 Å². The number of ether oxygens (including phenoxy) is 2. The monoisotopic (exact) mass is 489 g/mol. The van der Waals surface area contributed by atoms with Crippen LogP contribution in [0, 0.1) is 11.7 Å². The normalized spacial score (nSPS) is 22.7. The molecule has 6 heteroatoms. The standard InChI is InChI=1S/C30H34FN2O3/c1-35-28-10-6-5-7-24(28)15-18-33-19-16-25(17-20-33)29(22-33)36-30(34)32(27-8-3-2-4-9-27)21-23-11-13-26(31)14-12-23/h2-14,25,29H,15-22H2,1H3/q+1/t25?,29-,33?/m0/s1. The van der Waals surface area contributed by atoms with E-state index in [1.54, 1.807) is 24.1 Å². The SMILES string of the molecule is COc1ccccc1CC[N+]12CCC(CC1)[C@@H](OC(=O)N(Cc1ccc(F)cc1)c1ccccc1)C2. The number of anilines is 1. The molecule has 36 heavy (non-hydrogen) atoms. The van der Waals surface area contributed by atoms with Crippen molar-refractivity contribution in [2.75, 3.05) is 38.2 Å². The van der Waals surface area contributed by atoms with Gasteiger partial charge in [0.05, 0.1) is 33.3 Å². The Morgan fingerprint density at radius 2 is 1.67 bits per heavy atom. The van der Waals surface area contributed by atoms with Crippen molar-refractivity contribution in [3.8, 4) is 5.75 Å². The summed E-state index contributed by atoms with van der Waals surface area (Å²) in [5, 5.41) is 0. The molecule has 1 atom stereocenters. The number of amides is 1. The molecule has 5 nitrogen and oxygen atoms in total. The van der Waals surface area contributed by atoms with Gasteiger partial charge in [-0.25, -0.2) is 9.18 Å². The lowest BCUT2D eigenvalue weighted by Crippen LogP contribution is -2.65. The molecular weight excluding hydrogens is 455 g/mol. The number of halogens is 1. The molecule has 0 spiro atoms. The van der Waals surface area contributed by atoms with E-state index < -0.39 is 0 Å². The highest BCUT2D eigenvalue weighted by molar-refractivity contribution is 5.87. The van der Waals surface area contributed by atoms with Crippen LogP contribution >= 0.6 is 0 Å². The number of quaternary nitrogens is 1. The van der Waals surface area contributed by atoms with Crippen molar-refractivity contribution in [1.82, 2.24) is 0 Å². The van der Waals surface area contributed by atoms with Crippen LogP contribution in [0.5, 0.6) is 5.75 Å². The highest BCUT2D eigenvalue weighted by Gasteiger charge is 2.47. The minimum Gasteiger partial charge on any atom is -0.496 e. The smallest absolute Gasteiger partial charge is 0.415 e. The van der Waals surface area contributed by atoms with Crippen molar-refractivity contribution in [3.05, 3.63) is 95.8 Å². The second kappa shape index (κ2) is 10.7. The number of hydrogen-bond donors (Lipinski definition) is 0. The summed E-state index contributed by atoms with van der Waals surface area (Å²) in [6.07, 6.45) is 2.65. The maximum absolute atomic E-state index is 13.5. The number of rotatable bonds is 8. The Balaban J connectivity index is 1.29. The number of hydrogen-bond acceptors (Lipinski definition) is 3. The number of piperidine rings is 3. The zero-order valence-electron chi connectivity index (χ0n) is 20.8. The van der Waals surface area contributed by atoms with Crippen molar-refractivity contribution in [2.24, 2.45) is 5.92 Å². The summed E-state index contributed by atoms with van der Waals surface area (Å²) in [4.78, 5) is 15.2. The van der Waals surface area contributed by atoms with E-state index in [9.17, 15) is 9.18 Å². The third-order valence-corrected chi connectivity index (χ3v) is 7.88. The third-order valence-electron chi connectivity index (χ3n) is 7.88. The maximum Gasteiger partial charge on any atom is 0.415 e. The molecule has 3 aliphatic heterocycles. The Morgan fingerprint density at radius 3 is 2.39 bits per heavy atom. The van der Waals surface area contributed by atoms with E-state index in [2.05, 4.69) is 12.1 Å². The number of methoxy groups -OCH3 is 1. The number of nitrogens with zero attached hydrogens (tertiary/aromatic N) is 2. The van der Waals surface area contributed by atoms with Gasteiger partial charge in [-0.05, 0) is 41.5 Å².